The zero-order valence-corrected chi connectivity index (χ0v) is 11.2. The van der Waals surface area contributed by atoms with Gasteiger partial charge in [0.25, 0.3) is 0 Å². The van der Waals surface area contributed by atoms with Gasteiger partial charge in [-0.3, -0.25) is 4.79 Å². The van der Waals surface area contributed by atoms with Crippen LogP contribution in [-0.4, -0.2) is 19.1 Å². The number of nitrogens with two attached hydrogens (primary N) is 1. The van der Waals surface area contributed by atoms with Crippen LogP contribution >= 0.6 is 11.3 Å². The molecule has 0 radical (unpaired) electrons. The molecule has 1 heterocycles. The molecule has 1 rings (SSSR count). The summed E-state index contributed by atoms with van der Waals surface area (Å²) in [5.74, 6) is 0.412. The van der Waals surface area contributed by atoms with Crippen LogP contribution in [0.25, 0.3) is 0 Å². The van der Waals surface area contributed by atoms with Crippen LogP contribution in [0.1, 0.15) is 31.1 Å². The predicted octanol–water partition coefficient (Wildman–Crippen LogP) is 2.60. The van der Waals surface area contributed by atoms with Gasteiger partial charge in [0.2, 0.25) is 0 Å². The average molecular weight is 255 g/mol. The minimum atomic E-state index is -0.0922. The van der Waals surface area contributed by atoms with Crippen LogP contribution in [-0.2, 0) is 16.0 Å². The lowest BCUT2D eigenvalue weighted by Crippen LogP contribution is -2.11. The molecule has 0 saturated heterocycles. The molecule has 0 amide bonds. The fourth-order valence-corrected chi connectivity index (χ4v) is 2.28. The Morgan fingerprint density at radius 2 is 2.35 bits per heavy atom. The molecule has 0 aromatic carbocycles. The van der Waals surface area contributed by atoms with Gasteiger partial charge in [-0.15, -0.1) is 11.3 Å². The molecule has 0 saturated carbocycles. The van der Waals surface area contributed by atoms with Crippen LogP contribution in [0.5, 0.6) is 0 Å². The first-order valence-electron chi connectivity index (χ1n) is 6.10. The van der Waals surface area contributed by atoms with E-state index in [1.807, 2.05) is 11.4 Å². The third-order valence-electron chi connectivity index (χ3n) is 2.69. The predicted molar refractivity (Wildman–Crippen MR) is 71.1 cm³/mol. The highest BCUT2D eigenvalue weighted by molar-refractivity contribution is 7.09. The van der Waals surface area contributed by atoms with Crippen molar-refractivity contribution in [1.29, 1.82) is 0 Å². The van der Waals surface area contributed by atoms with E-state index >= 15 is 0 Å². The summed E-state index contributed by atoms with van der Waals surface area (Å²) < 4.78 is 5.18. The zero-order chi connectivity index (χ0) is 12.5. The third-order valence-corrected chi connectivity index (χ3v) is 3.63. The Hall–Kier alpha value is -0.870. The Balaban J connectivity index is 2.05. The molecule has 0 aliphatic heterocycles. The van der Waals surface area contributed by atoms with Crippen molar-refractivity contribution in [2.75, 3.05) is 13.2 Å². The molecule has 0 aliphatic carbocycles. The number of thiophene rings is 1. The van der Waals surface area contributed by atoms with E-state index < -0.39 is 0 Å². The largest absolute Gasteiger partial charge is 0.465 e. The van der Waals surface area contributed by atoms with Crippen LogP contribution in [0.15, 0.2) is 17.5 Å². The number of ether oxygens (including phenoxy) is 1. The first kappa shape index (κ1) is 14.2. The highest BCUT2D eigenvalue weighted by Gasteiger charge is 2.07. The van der Waals surface area contributed by atoms with Crippen molar-refractivity contribution >= 4 is 17.3 Å². The quantitative estimate of drug-likeness (QED) is 0.726. The normalized spacial score (nSPS) is 12.4. The van der Waals surface area contributed by atoms with E-state index in [0.29, 0.717) is 25.5 Å². The highest BCUT2D eigenvalue weighted by atomic mass is 32.1. The molecule has 0 aliphatic rings. The summed E-state index contributed by atoms with van der Waals surface area (Å²) in [6, 6.07) is 4.07. The van der Waals surface area contributed by atoms with Crippen LogP contribution < -0.4 is 5.73 Å². The van der Waals surface area contributed by atoms with E-state index in [1.165, 1.54) is 4.88 Å². The van der Waals surface area contributed by atoms with E-state index in [1.54, 1.807) is 11.3 Å². The molecule has 0 fully saturated rings. The third kappa shape index (κ3) is 6.44. The fourth-order valence-electron chi connectivity index (χ4n) is 1.59. The van der Waals surface area contributed by atoms with Crippen LogP contribution in [0.3, 0.4) is 0 Å². The van der Waals surface area contributed by atoms with E-state index in [9.17, 15) is 4.79 Å². The van der Waals surface area contributed by atoms with Gasteiger partial charge in [-0.25, -0.2) is 0 Å². The Labute approximate surface area is 107 Å². The van der Waals surface area contributed by atoms with Crippen LogP contribution in [0.2, 0.25) is 0 Å². The molecule has 4 heteroatoms. The first-order chi connectivity index (χ1) is 8.22. The lowest BCUT2D eigenvalue weighted by Gasteiger charge is -2.09. The van der Waals surface area contributed by atoms with Gasteiger partial charge in [0, 0.05) is 17.7 Å². The van der Waals surface area contributed by atoms with Crippen molar-refractivity contribution in [2.45, 2.75) is 32.6 Å². The standard InChI is InChI=1S/C13H21NO2S/c1-11(6-8-14)4-5-13(15)16-9-7-12-3-2-10-17-12/h2-3,10-11H,4-9,14H2,1H3. The van der Waals surface area contributed by atoms with Crippen molar-refractivity contribution in [3.8, 4) is 0 Å². The molecular formula is C13H21NO2S. The van der Waals surface area contributed by atoms with Gasteiger partial charge in [0.1, 0.15) is 0 Å². The van der Waals surface area contributed by atoms with Gasteiger partial charge in [0.05, 0.1) is 6.61 Å². The Morgan fingerprint density at radius 1 is 1.53 bits per heavy atom. The number of hydrogen-bond donors (Lipinski definition) is 1. The Morgan fingerprint density at radius 3 is 3.00 bits per heavy atom. The monoisotopic (exact) mass is 255 g/mol. The van der Waals surface area contributed by atoms with Gasteiger partial charge in [0.15, 0.2) is 0 Å². The van der Waals surface area contributed by atoms with E-state index in [-0.39, 0.29) is 5.97 Å². The molecule has 0 bridgehead atoms. The lowest BCUT2D eigenvalue weighted by molar-refractivity contribution is -0.143. The number of esters is 1. The summed E-state index contributed by atoms with van der Waals surface area (Å²) >= 11 is 1.69. The summed E-state index contributed by atoms with van der Waals surface area (Å²) in [6.45, 7) is 3.30. The van der Waals surface area contributed by atoms with Crippen LogP contribution in [0, 0.1) is 5.92 Å². The minimum Gasteiger partial charge on any atom is -0.465 e. The number of hydrogen-bond acceptors (Lipinski definition) is 4. The van der Waals surface area contributed by atoms with Crippen molar-refractivity contribution in [2.24, 2.45) is 11.7 Å². The second-order valence-electron chi connectivity index (χ2n) is 4.27. The number of carbonyl (C=O) groups excluding carboxylic acids is 1. The van der Waals surface area contributed by atoms with Crippen LogP contribution in [0.4, 0.5) is 0 Å². The smallest absolute Gasteiger partial charge is 0.305 e. The molecule has 2 N–H and O–H groups in total. The van der Waals surface area contributed by atoms with Crippen molar-refractivity contribution in [3.05, 3.63) is 22.4 Å². The Bertz CT molecular complexity index is 311. The summed E-state index contributed by atoms with van der Waals surface area (Å²) in [7, 11) is 0. The van der Waals surface area contributed by atoms with E-state index in [0.717, 1.165) is 19.3 Å². The molecule has 96 valence electrons. The second kappa shape index (κ2) is 8.25. The van der Waals surface area contributed by atoms with Crippen molar-refractivity contribution in [1.82, 2.24) is 0 Å². The molecule has 17 heavy (non-hydrogen) atoms. The lowest BCUT2D eigenvalue weighted by atomic mass is 10.0. The summed E-state index contributed by atoms with van der Waals surface area (Å²) in [6.07, 6.45) is 3.17. The van der Waals surface area contributed by atoms with Gasteiger partial charge in [-0.1, -0.05) is 13.0 Å². The first-order valence-corrected chi connectivity index (χ1v) is 6.98. The van der Waals surface area contributed by atoms with E-state index in [2.05, 4.69) is 13.0 Å². The maximum absolute atomic E-state index is 11.4. The summed E-state index contributed by atoms with van der Waals surface area (Å²) in [5.41, 5.74) is 5.46. The second-order valence-corrected chi connectivity index (χ2v) is 5.30. The zero-order valence-electron chi connectivity index (χ0n) is 10.4. The molecular weight excluding hydrogens is 234 g/mol. The molecule has 3 nitrogen and oxygen atoms in total. The van der Waals surface area contributed by atoms with Gasteiger partial charge in [-0.2, -0.15) is 0 Å². The van der Waals surface area contributed by atoms with Crippen molar-refractivity contribution in [3.63, 3.8) is 0 Å². The average Bonchev–Trinajstić information content (AvgIpc) is 2.80. The molecule has 0 spiro atoms. The minimum absolute atomic E-state index is 0.0922. The summed E-state index contributed by atoms with van der Waals surface area (Å²) in [5, 5.41) is 2.03. The molecule has 1 aromatic rings. The Kier molecular flexibility index (Phi) is 6.89. The fraction of sp³-hybridized carbons (Fsp3) is 0.615. The SMILES string of the molecule is CC(CCN)CCC(=O)OCCc1cccs1. The molecule has 1 unspecified atom stereocenters. The number of rotatable bonds is 8. The highest BCUT2D eigenvalue weighted by Crippen LogP contribution is 2.11. The molecule has 1 aromatic heterocycles. The topological polar surface area (TPSA) is 52.3 Å². The van der Waals surface area contributed by atoms with Gasteiger partial charge >= 0.3 is 5.97 Å². The molecule has 1 atom stereocenters. The summed E-state index contributed by atoms with van der Waals surface area (Å²) in [4.78, 5) is 12.7. The maximum atomic E-state index is 11.4. The number of carbonyl (C=O) groups is 1. The van der Waals surface area contributed by atoms with Crippen molar-refractivity contribution < 1.29 is 9.53 Å². The van der Waals surface area contributed by atoms with E-state index in [4.69, 9.17) is 10.5 Å². The van der Waals surface area contributed by atoms with Gasteiger partial charge in [-0.05, 0) is 36.8 Å². The van der Waals surface area contributed by atoms with Gasteiger partial charge < -0.3 is 10.5 Å². The maximum Gasteiger partial charge on any atom is 0.305 e.